The van der Waals surface area contributed by atoms with Crippen LogP contribution in [0.1, 0.15) is 36.0 Å². The lowest BCUT2D eigenvalue weighted by atomic mass is 9.91. The van der Waals surface area contributed by atoms with Gasteiger partial charge in [-0.1, -0.05) is 0 Å². The number of nitrogens with zero attached hydrogens (tertiary/aromatic N) is 3. The molecule has 1 saturated carbocycles. The van der Waals surface area contributed by atoms with Crippen molar-refractivity contribution in [2.24, 2.45) is 5.73 Å². The number of primary amides is 1. The minimum absolute atomic E-state index is 0.152. The summed E-state index contributed by atoms with van der Waals surface area (Å²) in [7, 11) is 0. The Morgan fingerprint density at radius 3 is 2.72 bits per heavy atom. The maximum absolute atomic E-state index is 11.6. The van der Waals surface area contributed by atoms with Crippen LogP contribution in [-0.4, -0.2) is 59.2 Å². The molecule has 8 heteroatoms. The summed E-state index contributed by atoms with van der Waals surface area (Å²) < 4.78 is 12.9. The molecule has 0 spiro atoms. The summed E-state index contributed by atoms with van der Waals surface area (Å²) in [6.07, 6.45) is 6.01. The summed E-state index contributed by atoms with van der Waals surface area (Å²) in [5.41, 5.74) is 5.95. The molecule has 5 rings (SSSR count). The van der Waals surface area contributed by atoms with E-state index in [-0.39, 0.29) is 6.10 Å². The average Bonchev–Trinajstić information content (AvgIpc) is 3.13. The molecule has 2 fully saturated rings. The van der Waals surface area contributed by atoms with Gasteiger partial charge >= 0.3 is 0 Å². The molecule has 0 bridgehead atoms. The van der Waals surface area contributed by atoms with Crippen molar-refractivity contribution < 1.29 is 14.3 Å². The fourth-order valence-corrected chi connectivity index (χ4v) is 5.47. The minimum atomic E-state index is -0.438. The Bertz CT molecular complexity index is 1040. The number of fused-ring (bicyclic) bond motifs is 3. The van der Waals surface area contributed by atoms with Crippen molar-refractivity contribution in [1.29, 1.82) is 0 Å². The molecule has 0 radical (unpaired) electrons. The second kappa shape index (κ2) is 7.85. The minimum Gasteiger partial charge on any atom is -0.474 e. The summed E-state index contributed by atoms with van der Waals surface area (Å²) in [6, 6.07) is 6.12. The summed E-state index contributed by atoms with van der Waals surface area (Å²) in [5, 5.41) is 1.81. The van der Waals surface area contributed by atoms with E-state index in [2.05, 4.69) is 14.9 Å². The third-order valence-corrected chi connectivity index (χ3v) is 7.08. The lowest BCUT2D eigenvalue weighted by Gasteiger charge is -2.38. The number of amides is 1. The summed E-state index contributed by atoms with van der Waals surface area (Å²) in [6.45, 7) is 3.75. The zero-order chi connectivity index (χ0) is 19.8. The number of ether oxygens (including phenoxy) is 2. The van der Waals surface area contributed by atoms with Crippen LogP contribution in [0.2, 0.25) is 0 Å². The quantitative estimate of drug-likeness (QED) is 0.708. The standard InChI is InChI=1S/C21H24N4O3S/c22-19(26)13-1-6-17-16(11-13)18-20(23-12-24-21(18)29-17)28-15-4-2-14(3-5-15)25-7-9-27-10-8-25/h1,6,11-12,14-15H,2-5,7-10H2,(H2,22,26). The van der Waals surface area contributed by atoms with Crippen molar-refractivity contribution in [3.8, 4) is 5.88 Å². The van der Waals surface area contributed by atoms with Gasteiger partial charge in [0.25, 0.3) is 0 Å². The van der Waals surface area contributed by atoms with Crippen LogP contribution < -0.4 is 10.5 Å². The van der Waals surface area contributed by atoms with Crippen LogP contribution in [0.3, 0.4) is 0 Å². The first kappa shape index (κ1) is 18.7. The van der Waals surface area contributed by atoms with E-state index < -0.39 is 5.91 Å². The third-order valence-electron chi connectivity index (χ3n) is 6.00. The number of carbonyl (C=O) groups is 1. The van der Waals surface area contributed by atoms with Gasteiger partial charge in [-0.25, -0.2) is 9.97 Å². The van der Waals surface area contributed by atoms with E-state index in [0.29, 0.717) is 17.5 Å². The van der Waals surface area contributed by atoms with Crippen LogP contribution in [0.15, 0.2) is 24.5 Å². The van der Waals surface area contributed by atoms with Gasteiger partial charge in [-0.2, -0.15) is 0 Å². The van der Waals surface area contributed by atoms with E-state index in [1.807, 2.05) is 12.1 Å². The molecule has 1 aliphatic carbocycles. The van der Waals surface area contributed by atoms with Crippen molar-refractivity contribution in [3.63, 3.8) is 0 Å². The summed E-state index contributed by atoms with van der Waals surface area (Å²) in [4.78, 5) is 23.9. The molecule has 0 atom stereocenters. The number of nitrogens with two attached hydrogens (primary N) is 1. The highest BCUT2D eigenvalue weighted by molar-refractivity contribution is 7.25. The second-order valence-corrected chi connectivity index (χ2v) is 8.76. The van der Waals surface area contributed by atoms with Gasteiger partial charge in [0.2, 0.25) is 11.8 Å². The molecule has 2 N–H and O–H groups in total. The summed E-state index contributed by atoms with van der Waals surface area (Å²) in [5.74, 6) is 0.171. The van der Waals surface area contributed by atoms with Crippen LogP contribution in [-0.2, 0) is 4.74 Å². The Balaban J connectivity index is 1.37. The average molecular weight is 413 g/mol. The van der Waals surface area contributed by atoms with Crippen molar-refractivity contribution in [2.45, 2.75) is 37.8 Å². The van der Waals surface area contributed by atoms with Crippen molar-refractivity contribution in [1.82, 2.24) is 14.9 Å². The van der Waals surface area contributed by atoms with Crippen molar-refractivity contribution >= 4 is 37.5 Å². The number of morpholine rings is 1. The van der Waals surface area contributed by atoms with Gasteiger partial charge in [0.1, 0.15) is 17.3 Å². The first-order chi connectivity index (χ1) is 14.2. The summed E-state index contributed by atoms with van der Waals surface area (Å²) >= 11 is 1.58. The number of benzene rings is 1. The van der Waals surface area contributed by atoms with Gasteiger partial charge in [-0.15, -0.1) is 11.3 Å². The lowest BCUT2D eigenvalue weighted by molar-refractivity contribution is -0.00125. The zero-order valence-corrected chi connectivity index (χ0v) is 17.0. The second-order valence-electron chi connectivity index (χ2n) is 7.73. The Morgan fingerprint density at radius 2 is 1.97 bits per heavy atom. The fourth-order valence-electron chi connectivity index (χ4n) is 4.45. The number of hydrogen-bond acceptors (Lipinski definition) is 7. The lowest BCUT2D eigenvalue weighted by Crippen LogP contribution is -2.46. The monoisotopic (exact) mass is 412 g/mol. The van der Waals surface area contributed by atoms with E-state index in [9.17, 15) is 4.79 Å². The van der Waals surface area contributed by atoms with Gasteiger partial charge in [-0.05, 0) is 43.9 Å². The van der Waals surface area contributed by atoms with Crippen molar-refractivity contribution in [2.75, 3.05) is 26.3 Å². The number of thiophene rings is 1. The largest absolute Gasteiger partial charge is 0.474 e. The molecule has 7 nitrogen and oxygen atoms in total. The molecule has 29 heavy (non-hydrogen) atoms. The van der Waals surface area contributed by atoms with E-state index >= 15 is 0 Å². The molecule has 1 aliphatic heterocycles. The van der Waals surface area contributed by atoms with Crippen molar-refractivity contribution in [3.05, 3.63) is 30.1 Å². The zero-order valence-electron chi connectivity index (χ0n) is 16.2. The normalized spacial score (nSPS) is 23.4. The molecule has 152 valence electrons. The maximum Gasteiger partial charge on any atom is 0.248 e. The molecule has 2 aromatic heterocycles. The molecule has 1 aromatic carbocycles. The molecular weight excluding hydrogens is 388 g/mol. The number of rotatable bonds is 4. The van der Waals surface area contributed by atoms with Gasteiger partial charge in [0, 0.05) is 34.8 Å². The molecule has 1 saturated heterocycles. The molecule has 2 aliphatic rings. The van der Waals surface area contributed by atoms with Crippen LogP contribution in [0, 0.1) is 0 Å². The Morgan fingerprint density at radius 1 is 1.17 bits per heavy atom. The Hall–Kier alpha value is -2.29. The Kier molecular flexibility index (Phi) is 5.07. The van der Waals surface area contributed by atoms with Crippen LogP contribution >= 0.6 is 11.3 Å². The van der Waals surface area contributed by atoms with Gasteiger partial charge in [0.15, 0.2) is 0 Å². The first-order valence-corrected chi connectivity index (χ1v) is 11.0. The smallest absolute Gasteiger partial charge is 0.248 e. The topological polar surface area (TPSA) is 90.6 Å². The van der Waals surface area contributed by atoms with E-state index in [0.717, 1.165) is 72.3 Å². The molecule has 3 aromatic rings. The van der Waals surface area contributed by atoms with Gasteiger partial charge < -0.3 is 15.2 Å². The van der Waals surface area contributed by atoms with Crippen LogP contribution in [0.25, 0.3) is 20.3 Å². The van der Waals surface area contributed by atoms with Gasteiger partial charge in [0.05, 0.1) is 18.6 Å². The fraction of sp³-hybridized carbons (Fsp3) is 0.476. The molecular formula is C21H24N4O3S. The SMILES string of the molecule is NC(=O)c1ccc2sc3ncnc(OC4CCC(N5CCOCC5)CC4)c3c2c1. The maximum atomic E-state index is 11.6. The third kappa shape index (κ3) is 3.68. The van der Waals surface area contributed by atoms with Gasteiger partial charge in [-0.3, -0.25) is 9.69 Å². The number of aromatic nitrogens is 2. The first-order valence-electron chi connectivity index (χ1n) is 10.1. The van der Waals surface area contributed by atoms with E-state index in [1.165, 1.54) is 0 Å². The highest BCUT2D eigenvalue weighted by atomic mass is 32.1. The van der Waals surface area contributed by atoms with Crippen LogP contribution in [0.5, 0.6) is 5.88 Å². The van der Waals surface area contributed by atoms with E-state index in [4.69, 9.17) is 15.2 Å². The predicted molar refractivity (Wildman–Crippen MR) is 113 cm³/mol. The predicted octanol–water partition coefficient (Wildman–Crippen LogP) is 2.97. The highest BCUT2D eigenvalue weighted by Crippen LogP contribution is 2.38. The number of carbonyl (C=O) groups excluding carboxylic acids is 1. The molecule has 0 unspecified atom stereocenters. The van der Waals surface area contributed by atoms with E-state index in [1.54, 1.807) is 23.7 Å². The number of hydrogen-bond donors (Lipinski definition) is 1. The molecule has 3 heterocycles. The molecule has 1 amide bonds. The Labute approximate surface area is 172 Å². The highest BCUT2D eigenvalue weighted by Gasteiger charge is 2.28. The van der Waals surface area contributed by atoms with Crippen LogP contribution in [0.4, 0.5) is 0 Å².